The molecule has 1 N–H and O–H groups in total. The number of rotatable bonds is 15. The van der Waals surface area contributed by atoms with E-state index in [1.807, 2.05) is 14.1 Å². The minimum atomic E-state index is 0. The summed E-state index contributed by atoms with van der Waals surface area (Å²) in [6, 6.07) is 0. The van der Waals surface area contributed by atoms with Gasteiger partial charge >= 0.3 is 5.91 Å². The van der Waals surface area contributed by atoms with Gasteiger partial charge in [-0.1, -0.05) is 70.4 Å². The van der Waals surface area contributed by atoms with Crippen molar-refractivity contribution in [3.8, 4) is 0 Å². The molecule has 2 nitrogen and oxygen atoms in total. The van der Waals surface area contributed by atoms with Gasteiger partial charge in [0.2, 0.25) is 0 Å². The van der Waals surface area contributed by atoms with E-state index in [0.717, 1.165) is 17.7 Å². The largest absolute Gasteiger partial charge is 1.00 e. The molecule has 1 amide bonds. The van der Waals surface area contributed by atoms with Gasteiger partial charge < -0.3 is 12.4 Å². The van der Waals surface area contributed by atoms with Crippen molar-refractivity contribution in [1.82, 2.24) is 0 Å². The molecule has 0 aromatic rings. The zero-order valence-corrected chi connectivity index (χ0v) is 16.6. The average Bonchev–Trinajstić information content (AvgIpc) is 2.50. The number of halogens is 1. The second-order valence-corrected chi connectivity index (χ2v) is 6.76. The third-order valence-electron chi connectivity index (χ3n) is 4.22. The van der Waals surface area contributed by atoms with E-state index < -0.39 is 0 Å². The highest BCUT2D eigenvalue weighted by Gasteiger charge is 2.07. The van der Waals surface area contributed by atoms with Gasteiger partial charge in [0, 0.05) is 0 Å². The van der Waals surface area contributed by atoms with Crippen LogP contribution in [-0.2, 0) is 4.79 Å². The Hall–Kier alpha value is -0.340. The molecule has 0 aromatic carbocycles. The van der Waals surface area contributed by atoms with E-state index in [9.17, 15) is 4.79 Å². The van der Waals surface area contributed by atoms with E-state index in [1.54, 1.807) is 0 Å². The minimum absolute atomic E-state index is 0. The maximum Gasteiger partial charge on any atom is 0.311 e. The van der Waals surface area contributed by atoms with Crippen LogP contribution >= 0.6 is 0 Å². The van der Waals surface area contributed by atoms with Crippen LogP contribution in [-0.4, -0.2) is 20.0 Å². The van der Waals surface area contributed by atoms with E-state index in [1.165, 1.54) is 77.0 Å². The first-order valence-corrected chi connectivity index (χ1v) is 9.66. The highest BCUT2D eigenvalue weighted by Crippen LogP contribution is 2.09. The Balaban J connectivity index is 0. The van der Waals surface area contributed by atoms with E-state index in [0.29, 0.717) is 5.91 Å². The fraction of sp³-hybridized carbons (Fsp3) is 0.850. The number of allylic oxidation sites excluding steroid dienone is 2. The molecule has 0 atom stereocenters. The topological polar surface area (TPSA) is 21.5 Å². The fourth-order valence-corrected chi connectivity index (χ4v) is 2.61. The average molecular weight is 346 g/mol. The van der Waals surface area contributed by atoms with Crippen molar-refractivity contribution in [1.29, 1.82) is 0 Å². The molecular formula is C20H40ClNO. The fourth-order valence-electron chi connectivity index (χ4n) is 2.61. The molecule has 0 saturated heterocycles. The summed E-state index contributed by atoms with van der Waals surface area (Å²) in [4.78, 5) is 12.4. The van der Waals surface area contributed by atoms with Crippen molar-refractivity contribution >= 4 is 5.91 Å². The number of hydrogen-bond donors (Lipinski definition) is 1. The Kier molecular flexibility index (Phi) is 21.3. The molecule has 0 unspecified atom stereocenters. The lowest BCUT2D eigenvalue weighted by atomic mass is 10.1. The smallest absolute Gasteiger partial charge is 0.311 e. The highest BCUT2D eigenvalue weighted by atomic mass is 35.5. The molecule has 0 aliphatic heterocycles. The van der Waals surface area contributed by atoms with Gasteiger partial charge in [0.05, 0.1) is 20.5 Å². The predicted octanol–water partition coefficient (Wildman–Crippen LogP) is 1.70. The van der Waals surface area contributed by atoms with Crippen molar-refractivity contribution in [3.63, 3.8) is 0 Å². The molecule has 0 radical (unpaired) electrons. The molecule has 0 bridgehead atoms. The molecule has 0 aliphatic rings. The number of unbranched alkanes of at least 4 members (excludes halogenated alkanes) is 11. The van der Waals surface area contributed by atoms with Crippen LogP contribution in [0.4, 0.5) is 0 Å². The van der Waals surface area contributed by atoms with E-state index in [2.05, 4.69) is 19.1 Å². The lowest BCUT2D eigenvalue weighted by molar-refractivity contribution is -0.775. The number of carbonyl (C=O) groups excluding carboxylic acids is 1. The van der Waals surface area contributed by atoms with Crippen molar-refractivity contribution in [2.24, 2.45) is 0 Å². The molecule has 3 heteroatoms. The van der Waals surface area contributed by atoms with Gasteiger partial charge in [-0.15, -0.1) is 0 Å². The molecule has 0 fully saturated rings. The number of carbonyl (C=O) groups is 1. The Labute approximate surface area is 151 Å². The molecule has 0 spiro atoms. The molecule has 0 aliphatic carbocycles. The van der Waals surface area contributed by atoms with Crippen molar-refractivity contribution in [2.75, 3.05) is 14.1 Å². The van der Waals surface area contributed by atoms with Gasteiger partial charge in [0.25, 0.3) is 0 Å². The molecule has 23 heavy (non-hydrogen) atoms. The third kappa shape index (κ3) is 19.6. The van der Waals surface area contributed by atoms with Crippen LogP contribution in [0.25, 0.3) is 0 Å². The summed E-state index contributed by atoms with van der Waals surface area (Å²) in [5.74, 6) is 0.345. The molecule has 138 valence electrons. The SMILES string of the molecule is CCCCCCCC/C=C\CCCCCCCC(=O)[NH+](C)C.[Cl-]. The van der Waals surface area contributed by atoms with E-state index >= 15 is 0 Å². The Morgan fingerprint density at radius 3 is 1.65 bits per heavy atom. The van der Waals surface area contributed by atoms with Crippen molar-refractivity contribution in [2.45, 2.75) is 96.8 Å². The number of hydrogen-bond acceptors (Lipinski definition) is 1. The summed E-state index contributed by atoms with van der Waals surface area (Å²) >= 11 is 0. The standard InChI is InChI=1S/C20H39NO.ClH/c1-4-5-6-7-8-9-10-11-12-13-14-15-16-17-18-19-20(22)21(2)3;/h11-12H,4-10,13-19H2,1-3H3;1H/b12-11-;. The van der Waals surface area contributed by atoms with Crippen LogP contribution in [0, 0.1) is 0 Å². The Bertz CT molecular complexity index is 277. The van der Waals surface area contributed by atoms with Gasteiger partial charge in [-0.25, -0.2) is 4.79 Å². The lowest BCUT2D eigenvalue weighted by Gasteiger charge is -2.04. The Morgan fingerprint density at radius 2 is 1.17 bits per heavy atom. The third-order valence-corrected chi connectivity index (χ3v) is 4.22. The van der Waals surface area contributed by atoms with Crippen LogP contribution in [0.5, 0.6) is 0 Å². The maximum atomic E-state index is 11.4. The summed E-state index contributed by atoms with van der Waals surface area (Å²) in [7, 11) is 3.83. The monoisotopic (exact) mass is 345 g/mol. The normalized spacial score (nSPS) is 11.1. The zero-order chi connectivity index (χ0) is 16.5. The first-order valence-electron chi connectivity index (χ1n) is 9.66. The van der Waals surface area contributed by atoms with E-state index in [-0.39, 0.29) is 12.4 Å². The number of nitrogens with one attached hydrogen (secondary N) is 1. The quantitative estimate of drug-likeness (QED) is 0.354. The van der Waals surface area contributed by atoms with Crippen LogP contribution in [0.2, 0.25) is 0 Å². The second kappa shape index (κ2) is 19.7. The summed E-state index contributed by atoms with van der Waals surface area (Å²) in [6.07, 6.45) is 22.5. The summed E-state index contributed by atoms with van der Waals surface area (Å²) in [5.41, 5.74) is 0. The number of amides is 1. The molecule has 0 aromatic heterocycles. The predicted molar refractivity (Wildman–Crippen MR) is 97.3 cm³/mol. The first-order chi connectivity index (χ1) is 10.7. The second-order valence-electron chi connectivity index (χ2n) is 6.76. The van der Waals surface area contributed by atoms with Crippen LogP contribution < -0.4 is 17.3 Å². The number of quaternary nitrogens is 1. The molecule has 0 saturated carbocycles. The summed E-state index contributed by atoms with van der Waals surface area (Å²) in [5, 5.41) is 0. The first kappa shape index (κ1) is 24.9. The van der Waals surface area contributed by atoms with Gasteiger partial charge in [0.1, 0.15) is 0 Å². The minimum Gasteiger partial charge on any atom is -1.00 e. The van der Waals surface area contributed by atoms with Crippen molar-refractivity contribution in [3.05, 3.63) is 12.2 Å². The summed E-state index contributed by atoms with van der Waals surface area (Å²) in [6.45, 7) is 2.27. The zero-order valence-electron chi connectivity index (χ0n) is 15.8. The van der Waals surface area contributed by atoms with Crippen LogP contribution in [0.15, 0.2) is 12.2 Å². The Morgan fingerprint density at radius 1 is 0.739 bits per heavy atom. The van der Waals surface area contributed by atoms with Gasteiger partial charge in [-0.2, -0.15) is 0 Å². The lowest BCUT2D eigenvalue weighted by Crippen LogP contribution is -3.08. The molecular weight excluding hydrogens is 306 g/mol. The van der Waals surface area contributed by atoms with Gasteiger partial charge in [-0.3, -0.25) is 4.90 Å². The van der Waals surface area contributed by atoms with Crippen LogP contribution in [0.3, 0.4) is 0 Å². The van der Waals surface area contributed by atoms with E-state index in [4.69, 9.17) is 0 Å². The summed E-state index contributed by atoms with van der Waals surface area (Å²) < 4.78 is 0. The molecule has 0 heterocycles. The maximum absolute atomic E-state index is 11.4. The van der Waals surface area contributed by atoms with Gasteiger partial charge in [-0.05, 0) is 32.1 Å². The highest BCUT2D eigenvalue weighted by molar-refractivity contribution is 5.66. The van der Waals surface area contributed by atoms with Crippen molar-refractivity contribution < 1.29 is 22.1 Å². The van der Waals surface area contributed by atoms with Crippen LogP contribution in [0.1, 0.15) is 96.8 Å². The molecule has 0 rings (SSSR count). The van der Waals surface area contributed by atoms with Gasteiger partial charge in [0.15, 0.2) is 0 Å².